The van der Waals surface area contributed by atoms with Crippen LogP contribution in [0.25, 0.3) is 10.9 Å². The van der Waals surface area contributed by atoms with Crippen LogP contribution in [0.1, 0.15) is 16.8 Å². The van der Waals surface area contributed by atoms with Crippen LogP contribution in [0.15, 0.2) is 66.2 Å². The molecule has 0 radical (unpaired) electrons. The van der Waals surface area contributed by atoms with Crippen molar-refractivity contribution >= 4 is 27.4 Å². The molecule has 34 heavy (non-hydrogen) atoms. The van der Waals surface area contributed by atoms with Crippen molar-refractivity contribution in [2.45, 2.75) is 19.5 Å². The Labute approximate surface area is 204 Å². The molecule has 4 aromatic rings. The van der Waals surface area contributed by atoms with E-state index in [1.807, 2.05) is 24.4 Å². The fourth-order valence-electron chi connectivity index (χ4n) is 4.27. The van der Waals surface area contributed by atoms with Crippen molar-refractivity contribution < 1.29 is 9.47 Å². The number of aromatic nitrogens is 2. The lowest BCUT2D eigenvalue weighted by Crippen LogP contribution is -2.37. The van der Waals surface area contributed by atoms with Crippen LogP contribution in [0.4, 0.5) is 5.13 Å². The van der Waals surface area contributed by atoms with Crippen LogP contribution in [0.5, 0.6) is 5.75 Å². The molecule has 0 unspecified atom stereocenters. The fourth-order valence-corrected chi connectivity index (χ4v) is 5.13. The summed E-state index contributed by atoms with van der Waals surface area (Å²) in [6.07, 6.45) is 2.81. The minimum atomic E-state index is 0.758. The van der Waals surface area contributed by atoms with Gasteiger partial charge in [0, 0.05) is 56.1 Å². The van der Waals surface area contributed by atoms with Crippen LogP contribution in [-0.2, 0) is 24.2 Å². The van der Waals surface area contributed by atoms with Gasteiger partial charge in [-0.15, -0.1) is 11.3 Å². The maximum atomic E-state index is 5.47. The molecule has 5 rings (SSSR count). The first-order valence-electron chi connectivity index (χ1n) is 11.7. The van der Waals surface area contributed by atoms with Crippen LogP contribution >= 0.6 is 11.3 Å². The lowest BCUT2D eigenvalue weighted by atomic mass is 10.1. The number of ether oxygens (including phenoxy) is 2. The molecule has 1 aliphatic rings. The summed E-state index contributed by atoms with van der Waals surface area (Å²) in [6.45, 7) is 6.23. The van der Waals surface area contributed by atoms with E-state index in [1.54, 1.807) is 18.4 Å². The number of rotatable bonds is 9. The van der Waals surface area contributed by atoms with Gasteiger partial charge in [-0.25, -0.2) is 4.98 Å². The normalized spacial score (nSPS) is 14.4. The zero-order chi connectivity index (χ0) is 23.2. The topological polar surface area (TPSA) is 50.7 Å². The van der Waals surface area contributed by atoms with Gasteiger partial charge in [-0.05, 0) is 35.4 Å². The second-order valence-corrected chi connectivity index (χ2v) is 9.40. The Morgan fingerprint density at radius 2 is 1.88 bits per heavy atom. The third-order valence-electron chi connectivity index (χ3n) is 6.15. The van der Waals surface area contributed by atoms with Crippen LogP contribution in [0.3, 0.4) is 0 Å². The van der Waals surface area contributed by atoms with Crippen LogP contribution in [0, 0.1) is 0 Å². The molecule has 2 aromatic carbocycles. The van der Waals surface area contributed by atoms with Crippen molar-refractivity contribution in [3.8, 4) is 5.75 Å². The molecule has 2 aromatic heterocycles. The van der Waals surface area contributed by atoms with Crippen LogP contribution in [-0.4, -0.2) is 54.8 Å². The van der Waals surface area contributed by atoms with Crippen molar-refractivity contribution in [3.05, 3.63) is 83.0 Å². The third kappa shape index (κ3) is 5.73. The second kappa shape index (κ2) is 11.0. The van der Waals surface area contributed by atoms with Gasteiger partial charge in [0.15, 0.2) is 5.13 Å². The smallest absolute Gasteiger partial charge is 0.186 e. The molecule has 1 aliphatic heterocycles. The number of fused-ring (bicyclic) bond motifs is 1. The average Bonchev–Trinajstić information content (AvgIpc) is 3.37. The van der Waals surface area contributed by atoms with Gasteiger partial charge >= 0.3 is 0 Å². The summed E-state index contributed by atoms with van der Waals surface area (Å²) in [5.74, 6) is 0.873. The summed E-state index contributed by atoms with van der Waals surface area (Å²) in [6, 6.07) is 18.9. The molecule has 0 N–H and O–H groups in total. The second-order valence-electron chi connectivity index (χ2n) is 8.56. The van der Waals surface area contributed by atoms with Gasteiger partial charge in [0.2, 0.25) is 0 Å². The molecule has 0 spiro atoms. The number of nitrogens with zero attached hydrogens (tertiary/aromatic N) is 4. The Hall–Kier alpha value is -3.00. The van der Waals surface area contributed by atoms with Crippen molar-refractivity contribution in [1.29, 1.82) is 0 Å². The molecule has 1 fully saturated rings. The van der Waals surface area contributed by atoms with E-state index in [0.717, 1.165) is 79.8 Å². The number of hydrogen-bond donors (Lipinski definition) is 0. The highest BCUT2D eigenvalue weighted by molar-refractivity contribution is 7.13. The Balaban J connectivity index is 1.36. The summed E-state index contributed by atoms with van der Waals surface area (Å²) in [5, 5.41) is 4.40. The Bertz CT molecular complexity index is 1220. The summed E-state index contributed by atoms with van der Waals surface area (Å²) in [4.78, 5) is 14.4. The Morgan fingerprint density at radius 1 is 1.03 bits per heavy atom. The van der Waals surface area contributed by atoms with E-state index < -0.39 is 0 Å². The van der Waals surface area contributed by atoms with Crippen molar-refractivity contribution in [1.82, 2.24) is 14.9 Å². The van der Waals surface area contributed by atoms with E-state index in [9.17, 15) is 0 Å². The van der Waals surface area contributed by atoms with E-state index in [1.165, 1.54) is 11.1 Å². The quantitative estimate of drug-likeness (QED) is 0.348. The van der Waals surface area contributed by atoms with Gasteiger partial charge in [-0.3, -0.25) is 9.88 Å². The summed E-state index contributed by atoms with van der Waals surface area (Å²) in [7, 11) is 1.71. The number of thiazole rings is 1. The number of hydrogen-bond acceptors (Lipinski definition) is 7. The fraction of sp³-hybridized carbons (Fsp3) is 0.333. The zero-order valence-corrected chi connectivity index (χ0v) is 20.3. The van der Waals surface area contributed by atoms with Gasteiger partial charge in [-0.1, -0.05) is 30.3 Å². The number of methoxy groups -OCH3 is 1. The van der Waals surface area contributed by atoms with Gasteiger partial charge in [0.25, 0.3) is 0 Å². The number of benzene rings is 2. The van der Waals surface area contributed by atoms with Crippen LogP contribution in [0.2, 0.25) is 0 Å². The molecule has 0 bridgehead atoms. The highest BCUT2D eigenvalue weighted by atomic mass is 32.1. The molecule has 0 aliphatic carbocycles. The molecule has 0 atom stereocenters. The van der Waals surface area contributed by atoms with Gasteiger partial charge in [-0.2, -0.15) is 0 Å². The van der Waals surface area contributed by atoms with Crippen molar-refractivity contribution in [2.75, 3.05) is 44.9 Å². The van der Waals surface area contributed by atoms with Crippen molar-refractivity contribution in [2.24, 2.45) is 0 Å². The summed E-state index contributed by atoms with van der Waals surface area (Å²) in [5.41, 5.74) is 4.59. The number of morpholine rings is 1. The van der Waals surface area contributed by atoms with Gasteiger partial charge < -0.3 is 14.4 Å². The monoisotopic (exact) mass is 474 g/mol. The number of anilines is 1. The zero-order valence-electron chi connectivity index (χ0n) is 19.5. The first-order chi connectivity index (χ1) is 16.8. The summed E-state index contributed by atoms with van der Waals surface area (Å²) < 4.78 is 10.9. The van der Waals surface area contributed by atoms with Gasteiger partial charge in [0.1, 0.15) is 5.75 Å². The van der Waals surface area contributed by atoms with E-state index in [4.69, 9.17) is 14.5 Å². The van der Waals surface area contributed by atoms with E-state index >= 15 is 0 Å². The standard InChI is InChI=1S/C27H30N4O2S/c1-32-25-6-2-4-21(16-25)18-31(19-22-7-8-23-5-3-10-28-26(23)17-22)27-29-24(20-34-27)9-11-30-12-14-33-15-13-30/h2-8,10,16-17,20H,9,11-15,18-19H2,1H3. The lowest BCUT2D eigenvalue weighted by molar-refractivity contribution is 0.0383. The highest BCUT2D eigenvalue weighted by Crippen LogP contribution is 2.27. The molecule has 176 valence electrons. The maximum absolute atomic E-state index is 5.47. The van der Waals surface area contributed by atoms with Gasteiger partial charge in [0.05, 0.1) is 31.5 Å². The Morgan fingerprint density at radius 3 is 2.74 bits per heavy atom. The first kappa shape index (κ1) is 22.8. The SMILES string of the molecule is COc1cccc(CN(Cc2ccc3cccnc3c2)c2nc(CCN3CCOCC3)cs2)c1. The predicted octanol–water partition coefficient (Wildman–Crippen LogP) is 4.78. The highest BCUT2D eigenvalue weighted by Gasteiger charge is 2.16. The lowest BCUT2D eigenvalue weighted by Gasteiger charge is -2.26. The predicted molar refractivity (Wildman–Crippen MR) is 138 cm³/mol. The molecule has 7 heteroatoms. The van der Waals surface area contributed by atoms with E-state index in [2.05, 4.69) is 56.6 Å². The molecule has 6 nitrogen and oxygen atoms in total. The average molecular weight is 475 g/mol. The van der Waals surface area contributed by atoms with E-state index in [0.29, 0.717) is 0 Å². The largest absolute Gasteiger partial charge is 0.497 e. The minimum absolute atomic E-state index is 0.758. The molecular formula is C27H30N4O2S. The molecule has 0 amide bonds. The van der Waals surface area contributed by atoms with E-state index in [-0.39, 0.29) is 0 Å². The van der Waals surface area contributed by atoms with Crippen LogP contribution < -0.4 is 9.64 Å². The summed E-state index contributed by atoms with van der Waals surface area (Å²) >= 11 is 1.72. The first-order valence-corrected chi connectivity index (χ1v) is 12.6. The van der Waals surface area contributed by atoms with Crippen molar-refractivity contribution in [3.63, 3.8) is 0 Å². The Kier molecular flexibility index (Phi) is 7.34. The molecule has 3 heterocycles. The molecule has 1 saturated heterocycles. The maximum Gasteiger partial charge on any atom is 0.186 e. The molecule has 0 saturated carbocycles. The number of pyridine rings is 1. The third-order valence-corrected chi connectivity index (χ3v) is 7.10. The minimum Gasteiger partial charge on any atom is -0.497 e. The molecular weight excluding hydrogens is 444 g/mol.